The molecule has 0 saturated carbocycles. The molecule has 1 aliphatic rings. The molecule has 1 saturated heterocycles. The summed E-state index contributed by atoms with van der Waals surface area (Å²) >= 11 is 5.79. The summed E-state index contributed by atoms with van der Waals surface area (Å²) in [5, 5.41) is 13.5. The van der Waals surface area contributed by atoms with Gasteiger partial charge in [-0.05, 0) is 12.5 Å². The molecule has 3 N–H and O–H groups in total. The molecule has 1 amide bonds. The topological polar surface area (TPSA) is 107 Å². The summed E-state index contributed by atoms with van der Waals surface area (Å²) in [6, 6.07) is 2.35. The molecule has 1 atom stereocenters. The van der Waals surface area contributed by atoms with Gasteiger partial charge in [0.25, 0.3) is 11.6 Å². The van der Waals surface area contributed by atoms with E-state index >= 15 is 0 Å². The molecular formula is C11H12ClN3O4. The fourth-order valence-electron chi connectivity index (χ4n) is 1.80. The van der Waals surface area contributed by atoms with Crippen LogP contribution in [0.25, 0.3) is 0 Å². The van der Waals surface area contributed by atoms with E-state index in [0.29, 0.717) is 13.2 Å². The minimum atomic E-state index is -0.670. The molecule has 19 heavy (non-hydrogen) atoms. The molecule has 0 spiro atoms. The summed E-state index contributed by atoms with van der Waals surface area (Å²) in [5.74, 6) is -0.430. The van der Waals surface area contributed by atoms with Gasteiger partial charge in [0.15, 0.2) is 0 Å². The van der Waals surface area contributed by atoms with E-state index in [2.05, 4.69) is 5.32 Å². The number of hydrogen-bond acceptors (Lipinski definition) is 5. The van der Waals surface area contributed by atoms with E-state index in [0.717, 1.165) is 12.5 Å². The Labute approximate surface area is 113 Å². The summed E-state index contributed by atoms with van der Waals surface area (Å²) < 4.78 is 5.13. The summed E-state index contributed by atoms with van der Waals surface area (Å²) in [6.45, 7) is 1.03. The molecule has 102 valence electrons. The maximum atomic E-state index is 12.0. The molecule has 1 fully saturated rings. The Morgan fingerprint density at radius 2 is 2.32 bits per heavy atom. The van der Waals surface area contributed by atoms with Crippen LogP contribution < -0.4 is 11.1 Å². The summed E-state index contributed by atoms with van der Waals surface area (Å²) in [7, 11) is 0. The number of nitrogens with two attached hydrogens (primary N) is 1. The maximum absolute atomic E-state index is 12.0. The number of halogens is 1. The number of nitro benzene ring substituents is 1. The highest BCUT2D eigenvalue weighted by atomic mass is 35.5. The van der Waals surface area contributed by atoms with Crippen molar-refractivity contribution in [1.29, 1.82) is 0 Å². The number of nitro groups is 1. The first-order valence-corrected chi connectivity index (χ1v) is 5.99. The van der Waals surface area contributed by atoms with Crippen molar-refractivity contribution in [3.8, 4) is 0 Å². The maximum Gasteiger partial charge on any atom is 0.294 e. The van der Waals surface area contributed by atoms with Crippen molar-refractivity contribution in [2.75, 3.05) is 18.9 Å². The van der Waals surface area contributed by atoms with Crippen LogP contribution >= 0.6 is 11.6 Å². The number of hydrogen-bond donors (Lipinski definition) is 2. The first-order valence-electron chi connectivity index (χ1n) is 5.61. The second-order valence-corrected chi connectivity index (χ2v) is 4.59. The molecule has 1 aromatic carbocycles. The Morgan fingerprint density at radius 1 is 1.58 bits per heavy atom. The predicted octanol–water partition coefficient (Wildman–Crippen LogP) is 1.35. The van der Waals surface area contributed by atoms with Gasteiger partial charge < -0.3 is 15.8 Å². The van der Waals surface area contributed by atoms with Crippen molar-refractivity contribution in [1.82, 2.24) is 5.32 Å². The second kappa shape index (κ2) is 5.41. The summed E-state index contributed by atoms with van der Waals surface area (Å²) in [6.07, 6.45) is 0.719. The Bertz CT molecular complexity index is 529. The van der Waals surface area contributed by atoms with Crippen LogP contribution in [0.5, 0.6) is 0 Å². The van der Waals surface area contributed by atoms with Crippen LogP contribution in [0, 0.1) is 10.1 Å². The number of nitrogens with zero attached hydrogens (tertiary/aromatic N) is 1. The lowest BCUT2D eigenvalue weighted by Crippen LogP contribution is -2.35. The molecule has 1 aliphatic heterocycles. The Kier molecular flexibility index (Phi) is 3.87. The number of nitrogens with one attached hydrogen (secondary N) is 1. The van der Waals surface area contributed by atoms with Gasteiger partial charge in [-0.25, -0.2) is 0 Å². The zero-order valence-corrected chi connectivity index (χ0v) is 10.6. The van der Waals surface area contributed by atoms with Crippen molar-refractivity contribution < 1.29 is 14.5 Å². The van der Waals surface area contributed by atoms with Gasteiger partial charge in [-0.2, -0.15) is 0 Å². The normalized spacial score (nSPS) is 18.3. The largest absolute Gasteiger partial charge is 0.392 e. The summed E-state index contributed by atoms with van der Waals surface area (Å²) in [4.78, 5) is 22.1. The van der Waals surface area contributed by atoms with Crippen LogP contribution in [0.1, 0.15) is 16.8 Å². The number of carbonyl (C=O) groups excluding carboxylic acids is 1. The third-order valence-corrected chi connectivity index (χ3v) is 3.14. The van der Waals surface area contributed by atoms with Gasteiger partial charge in [0.05, 0.1) is 22.6 Å². The third-order valence-electron chi connectivity index (χ3n) is 2.83. The quantitative estimate of drug-likeness (QED) is 0.495. The molecule has 1 unspecified atom stereocenters. The molecule has 1 aromatic rings. The monoisotopic (exact) mass is 285 g/mol. The second-order valence-electron chi connectivity index (χ2n) is 4.18. The van der Waals surface area contributed by atoms with Crippen LogP contribution in [0.3, 0.4) is 0 Å². The van der Waals surface area contributed by atoms with E-state index < -0.39 is 10.8 Å². The zero-order chi connectivity index (χ0) is 14.0. The number of ether oxygens (including phenoxy) is 1. The average molecular weight is 286 g/mol. The van der Waals surface area contributed by atoms with Crippen LogP contribution in [-0.4, -0.2) is 30.1 Å². The molecular weight excluding hydrogens is 274 g/mol. The lowest BCUT2D eigenvalue weighted by molar-refractivity contribution is -0.383. The number of amides is 1. The summed E-state index contributed by atoms with van der Waals surface area (Å²) in [5.41, 5.74) is 5.08. The number of nitrogen functional groups attached to an aromatic ring is 1. The van der Waals surface area contributed by atoms with Crippen molar-refractivity contribution >= 4 is 28.9 Å². The number of anilines is 1. The molecule has 2 rings (SSSR count). The van der Waals surface area contributed by atoms with Crippen LogP contribution in [-0.2, 0) is 4.74 Å². The highest BCUT2D eigenvalue weighted by molar-refractivity contribution is 6.34. The van der Waals surface area contributed by atoms with Crippen molar-refractivity contribution in [3.05, 3.63) is 32.8 Å². The third kappa shape index (κ3) is 2.94. The molecule has 0 aromatic heterocycles. The van der Waals surface area contributed by atoms with Gasteiger partial charge in [0.1, 0.15) is 5.69 Å². The Hall–Kier alpha value is -1.86. The van der Waals surface area contributed by atoms with E-state index in [4.69, 9.17) is 22.1 Å². The van der Waals surface area contributed by atoms with Crippen LogP contribution in [0.15, 0.2) is 12.1 Å². The van der Waals surface area contributed by atoms with Crippen molar-refractivity contribution in [3.63, 3.8) is 0 Å². The van der Waals surface area contributed by atoms with Gasteiger partial charge in [0.2, 0.25) is 0 Å². The zero-order valence-electron chi connectivity index (χ0n) is 9.89. The average Bonchev–Trinajstić information content (AvgIpc) is 2.84. The van der Waals surface area contributed by atoms with Crippen LogP contribution in [0.2, 0.25) is 5.02 Å². The van der Waals surface area contributed by atoms with Gasteiger partial charge in [-0.1, -0.05) is 11.6 Å². The van der Waals surface area contributed by atoms with Gasteiger partial charge in [0, 0.05) is 18.2 Å². The fraction of sp³-hybridized carbons (Fsp3) is 0.364. The highest BCUT2D eigenvalue weighted by Gasteiger charge is 2.22. The first kappa shape index (κ1) is 13.6. The van der Waals surface area contributed by atoms with E-state index in [9.17, 15) is 14.9 Å². The van der Waals surface area contributed by atoms with Crippen molar-refractivity contribution in [2.45, 2.75) is 12.5 Å². The molecule has 0 radical (unpaired) electrons. The Morgan fingerprint density at radius 3 is 2.89 bits per heavy atom. The minimum Gasteiger partial charge on any atom is -0.392 e. The predicted molar refractivity (Wildman–Crippen MR) is 69.2 cm³/mol. The first-order chi connectivity index (χ1) is 8.99. The Balaban J connectivity index is 2.24. The van der Waals surface area contributed by atoms with Crippen LogP contribution in [0.4, 0.5) is 11.4 Å². The molecule has 1 heterocycles. The molecule has 8 heteroatoms. The number of carbonyl (C=O) groups is 1. The van der Waals surface area contributed by atoms with Gasteiger partial charge in [-0.15, -0.1) is 0 Å². The van der Waals surface area contributed by atoms with E-state index in [1.165, 1.54) is 6.07 Å². The SMILES string of the molecule is Nc1c(Cl)cc(C(=O)NC2CCOC2)cc1[N+](=O)[O-]. The van der Waals surface area contributed by atoms with E-state index in [1.54, 1.807) is 0 Å². The van der Waals surface area contributed by atoms with E-state index in [-0.39, 0.29) is 28.0 Å². The smallest absolute Gasteiger partial charge is 0.294 e. The molecule has 0 aliphatic carbocycles. The number of rotatable bonds is 3. The lowest BCUT2D eigenvalue weighted by Gasteiger charge is -2.11. The van der Waals surface area contributed by atoms with Gasteiger partial charge in [-0.3, -0.25) is 14.9 Å². The van der Waals surface area contributed by atoms with Gasteiger partial charge >= 0.3 is 0 Å². The molecule has 7 nitrogen and oxygen atoms in total. The van der Waals surface area contributed by atoms with Crippen molar-refractivity contribution in [2.24, 2.45) is 0 Å². The number of benzene rings is 1. The fourth-order valence-corrected chi connectivity index (χ4v) is 2.02. The minimum absolute atomic E-state index is 0.0120. The molecule has 0 bridgehead atoms. The lowest BCUT2D eigenvalue weighted by atomic mass is 10.1. The standard InChI is InChI=1S/C11H12ClN3O4/c12-8-3-6(4-9(10(8)13)15(17)18)11(16)14-7-1-2-19-5-7/h3-4,7H,1-2,5,13H2,(H,14,16). The van der Waals surface area contributed by atoms with E-state index in [1.807, 2.05) is 0 Å². The highest BCUT2D eigenvalue weighted by Crippen LogP contribution is 2.30.